The summed E-state index contributed by atoms with van der Waals surface area (Å²) in [5, 5.41) is 0. The van der Waals surface area contributed by atoms with Crippen molar-refractivity contribution in [2.75, 3.05) is 9.80 Å². The summed E-state index contributed by atoms with van der Waals surface area (Å²) in [6, 6.07) is 70.4. The quantitative estimate of drug-likeness (QED) is 0.174. The van der Waals surface area contributed by atoms with Crippen molar-refractivity contribution in [3.05, 3.63) is 215 Å². The molecule has 6 atom stereocenters. The minimum absolute atomic E-state index is 0.0518. The lowest BCUT2D eigenvalue weighted by atomic mass is 9.70. The number of anilines is 4. The summed E-state index contributed by atoms with van der Waals surface area (Å²) in [6.45, 7) is 9.99. The zero-order chi connectivity index (χ0) is 43.4. The van der Waals surface area contributed by atoms with Gasteiger partial charge in [-0.05, 0) is 190 Å². The van der Waals surface area contributed by atoms with Gasteiger partial charge in [-0.1, -0.05) is 135 Å². The van der Waals surface area contributed by atoms with Crippen LogP contribution in [0, 0.1) is 11.8 Å². The van der Waals surface area contributed by atoms with Gasteiger partial charge in [-0.2, -0.15) is 0 Å². The fraction of sp³-hybridized carbons (Fsp3) is 0.238. The molecule has 2 heteroatoms. The summed E-state index contributed by atoms with van der Waals surface area (Å²) >= 11 is 0. The average molecular weight is 839 g/mol. The third-order valence-electron chi connectivity index (χ3n) is 18.2. The maximum atomic E-state index is 2.68. The van der Waals surface area contributed by atoms with Crippen LogP contribution in [0.3, 0.4) is 0 Å². The molecule has 0 saturated heterocycles. The number of benzene rings is 8. The van der Waals surface area contributed by atoms with Crippen LogP contribution in [0.25, 0.3) is 44.5 Å². The van der Waals surface area contributed by atoms with Gasteiger partial charge >= 0.3 is 0 Å². The Kier molecular flexibility index (Phi) is 7.67. The summed E-state index contributed by atoms with van der Waals surface area (Å²) in [7, 11) is 0. The number of hydrogen-bond donors (Lipinski definition) is 0. The highest BCUT2D eigenvalue weighted by Crippen LogP contribution is 2.66. The van der Waals surface area contributed by atoms with E-state index >= 15 is 0 Å². The van der Waals surface area contributed by atoms with E-state index < -0.39 is 5.41 Å². The molecule has 4 aliphatic carbocycles. The van der Waals surface area contributed by atoms with Crippen molar-refractivity contribution in [1.82, 2.24) is 0 Å². The van der Waals surface area contributed by atoms with Crippen molar-refractivity contribution >= 4 is 22.7 Å². The Balaban J connectivity index is 0.936. The molecule has 8 aromatic carbocycles. The first-order chi connectivity index (χ1) is 31.8. The van der Waals surface area contributed by atoms with E-state index in [-0.39, 0.29) is 11.1 Å². The molecular formula is C63H54N2. The van der Waals surface area contributed by atoms with Gasteiger partial charge in [-0.25, -0.2) is 0 Å². The van der Waals surface area contributed by atoms with Crippen molar-refractivity contribution in [2.24, 2.45) is 11.8 Å². The van der Waals surface area contributed by atoms with Gasteiger partial charge in [0, 0.05) is 34.6 Å². The monoisotopic (exact) mass is 838 g/mol. The van der Waals surface area contributed by atoms with Gasteiger partial charge in [0.15, 0.2) is 0 Å². The first kappa shape index (κ1) is 37.7. The van der Waals surface area contributed by atoms with Crippen LogP contribution >= 0.6 is 0 Å². The van der Waals surface area contributed by atoms with E-state index in [1.165, 1.54) is 126 Å². The molecule has 6 aliphatic rings. The van der Waals surface area contributed by atoms with Crippen LogP contribution in [0.4, 0.5) is 22.7 Å². The molecule has 0 N–H and O–H groups in total. The van der Waals surface area contributed by atoms with Crippen LogP contribution in [0.1, 0.15) is 98.6 Å². The Morgan fingerprint density at radius 3 is 1.18 bits per heavy atom. The first-order valence-electron chi connectivity index (χ1n) is 24.3. The van der Waals surface area contributed by atoms with Crippen molar-refractivity contribution in [2.45, 2.75) is 81.7 Å². The molecule has 2 fully saturated rings. The Hall–Kier alpha value is -6.64. The lowest BCUT2D eigenvalue weighted by Crippen LogP contribution is -2.45. The van der Waals surface area contributed by atoms with E-state index in [0.717, 1.165) is 0 Å². The van der Waals surface area contributed by atoms with Crippen LogP contribution < -0.4 is 9.80 Å². The molecule has 0 aromatic heterocycles. The molecule has 0 bridgehead atoms. The van der Waals surface area contributed by atoms with Gasteiger partial charge < -0.3 is 9.80 Å². The minimum Gasteiger partial charge on any atom is -0.334 e. The van der Waals surface area contributed by atoms with Crippen LogP contribution in [-0.4, -0.2) is 11.1 Å². The molecule has 2 aliphatic heterocycles. The molecular weight excluding hydrogens is 785 g/mol. The summed E-state index contributed by atoms with van der Waals surface area (Å²) in [5.74, 6) is 2.19. The third-order valence-corrected chi connectivity index (χ3v) is 18.2. The smallest absolute Gasteiger partial charge is 0.0725 e. The van der Waals surface area contributed by atoms with Gasteiger partial charge in [0.25, 0.3) is 0 Å². The van der Waals surface area contributed by atoms with Crippen molar-refractivity contribution in [3.63, 3.8) is 0 Å². The lowest BCUT2D eigenvalue weighted by Gasteiger charge is -2.41. The van der Waals surface area contributed by atoms with E-state index in [2.05, 4.69) is 219 Å². The SMILES string of the molecule is CC1CCC2c3cc(-c4ccc5c(c4)C4(c6ccccc6-c6ccccc64)c4cc(-c6ccc7c(c6)C6CCC(C)C6(C)N7c6ccccc6)ccc4-5)ccc3N(c3ccccc3)C12C. The molecule has 8 aromatic rings. The molecule has 2 nitrogen and oxygen atoms in total. The van der Waals surface area contributed by atoms with E-state index in [1.807, 2.05) is 0 Å². The second-order valence-corrected chi connectivity index (χ2v) is 20.8. The van der Waals surface area contributed by atoms with Crippen molar-refractivity contribution in [3.8, 4) is 44.5 Å². The largest absolute Gasteiger partial charge is 0.334 e. The minimum atomic E-state index is -0.440. The topological polar surface area (TPSA) is 6.48 Å². The lowest BCUT2D eigenvalue weighted by molar-refractivity contribution is 0.355. The van der Waals surface area contributed by atoms with E-state index in [1.54, 1.807) is 0 Å². The van der Waals surface area contributed by atoms with E-state index in [4.69, 9.17) is 0 Å². The second kappa shape index (κ2) is 13.2. The maximum absolute atomic E-state index is 2.68. The van der Waals surface area contributed by atoms with Crippen molar-refractivity contribution in [1.29, 1.82) is 0 Å². The zero-order valence-electron chi connectivity index (χ0n) is 37.9. The van der Waals surface area contributed by atoms with Crippen LogP contribution in [-0.2, 0) is 5.41 Å². The summed E-state index contributed by atoms with van der Waals surface area (Å²) in [5.41, 5.74) is 24.2. The standard InChI is InChI=1S/C63H54N2/c1-39-23-31-53-51-35-41(27-33-59(51)64(61(39,53)3)45-15-7-5-8-16-45)43-25-29-49-50-30-26-44(38-58(50)63(57(49)37-43)55-21-13-11-19-47(55)48-20-12-14-22-56(48)63)42-28-34-60-52(36-42)54-32-24-40(2)62(54,4)65(60)46-17-9-6-10-18-46/h5-22,25-30,33-40,53-54H,23-24,31-32H2,1-4H3. The van der Waals surface area contributed by atoms with Gasteiger partial charge in [-0.3, -0.25) is 0 Å². The predicted molar refractivity (Wildman–Crippen MR) is 270 cm³/mol. The van der Waals surface area contributed by atoms with Gasteiger partial charge in [0.05, 0.1) is 16.5 Å². The van der Waals surface area contributed by atoms with Gasteiger partial charge in [0.2, 0.25) is 0 Å². The van der Waals surface area contributed by atoms with Crippen molar-refractivity contribution < 1.29 is 0 Å². The summed E-state index contributed by atoms with van der Waals surface area (Å²) in [4.78, 5) is 5.36. The maximum Gasteiger partial charge on any atom is 0.0725 e. The number of hydrogen-bond acceptors (Lipinski definition) is 2. The van der Waals surface area contributed by atoms with Crippen LogP contribution in [0.5, 0.6) is 0 Å². The Labute approximate surface area is 384 Å². The fourth-order valence-electron chi connectivity index (χ4n) is 14.8. The third kappa shape index (κ3) is 4.70. The normalized spacial score (nSPS) is 25.5. The highest BCUT2D eigenvalue weighted by atomic mass is 15.3. The highest BCUT2D eigenvalue weighted by Gasteiger charge is 2.57. The molecule has 6 unspecified atom stereocenters. The number of para-hydroxylation sites is 2. The van der Waals surface area contributed by atoms with Gasteiger partial charge in [-0.15, -0.1) is 0 Å². The zero-order valence-corrected chi connectivity index (χ0v) is 37.9. The van der Waals surface area contributed by atoms with E-state index in [0.29, 0.717) is 23.7 Å². The predicted octanol–water partition coefficient (Wildman–Crippen LogP) is 16.2. The molecule has 0 radical (unpaired) electrons. The summed E-state index contributed by atoms with van der Waals surface area (Å²) < 4.78 is 0. The molecule has 0 amide bonds. The Morgan fingerprint density at radius 1 is 0.369 bits per heavy atom. The highest BCUT2D eigenvalue weighted by molar-refractivity contribution is 5.97. The first-order valence-corrected chi connectivity index (χ1v) is 24.3. The molecule has 1 spiro atoms. The number of fused-ring (bicyclic) bond motifs is 16. The van der Waals surface area contributed by atoms with Crippen LogP contribution in [0.2, 0.25) is 0 Å². The molecule has 14 rings (SSSR count). The second-order valence-electron chi connectivity index (χ2n) is 20.8. The average Bonchev–Trinajstić information content (AvgIpc) is 4.13. The van der Waals surface area contributed by atoms with Gasteiger partial charge in [0.1, 0.15) is 0 Å². The molecule has 316 valence electrons. The summed E-state index contributed by atoms with van der Waals surface area (Å²) in [6.07, 6.45) is 4.96. The van der Waals surface area contributed by atoms with E-state index in [9.17, 15) is 0 Å². The van der Waals surface area contributed by atoms with Crippen LogP contribution in [0.15, 0.2) is 182 Å². The molecule has 2 saturated carbocycles. The molecule has 2 heterocycles. The fourth-order valence-corrected chi connectivity index (χ4v) is 14.8. The Bertz CT molecular complexity index is 3050. The Morgan fingerprint density at radius 2 is 0.738 bits per heavy atom. The number of rotatable bonds is 4. The number of nitrogens with zero attached hydrogens (tertiary/aromatic N) is 2. The molecule has 65 heavy (non-hydrogen) atoms.